The number of aromatic hydroxyl groups is 1. The standard InChI is InChI=1S/C22H19N5O3/c1-30-19-11-15(7-10-18(19)28)16-8-9-17-21(25-16)26-20(13-23-17)27-22(29)24-12-14-5-3-2-4-6-14/h2-11,13,28H,12H2,1H3,(H2,24,25,26,27,29). The van der Waals surface area contributed by atoms with Crippen LogP contribution in [0.4, 0.5) is 10.6 Å². The van der Waals surface area contributed by atoms with E-state index >= 15 is 0 Å². The molecule has 0 aliphatic heterocycles. The van der Waals surface area contributed by atoms with Gasteiger partial charge in [0.25, 0.3) is 0 Å². The quantitative estimate of drug-likeness (QED) is 0.470. The average Bonchev–Trinajstić information content (AvgIpc) is 2.78. The van der Waals surface area contributed by atoms with Crippen LogP contribution in [0.3, 0.4) is 0 Å². The number of rotatable bonds is 5. The van der Waals surface area contributed by atoms with Crippen molar-refractivity contribution in [1.29, 1.82) is 0 Å². The van der Waals surface area contributed by atoms with Crippen LogP contribution >= 0.6 is 0 Å². The number of fused-ring (bicyclic) bond motifs is 1. The number of urea groups is 1. The number of carbonyl (C=O) groups excluding carboxylic acids is 1. The Bertz CT molecular complexity index is 1200. The van der Waals surface area contributed by atoms with Gasteiger partial charge in [-0.15, -0.1) is 0 Å². The molecule has 8 nitrogen and oxygen atoms in total. The van der Waals surface area contributed by atoms with Crippen LogP contribution in [0, 0.1) is 0 Å². The van der Waals surface area contributed by atoms with Crippen LogP contribution in [0.25, 0.3) is 22.4 Å². The number of phenols is 1. The second-order valence-electron chi connectivity index (χ2n) is 6.47. The number of aromatic nitrogens is 3. The van der Waals surface area contributed by atoms with E-state index in [0.717, 1.165) is 11.1 Å². The van der Waals surface area contributed by atoms with E-state index in [1.807, 2.05) is 36.4 Å². The van der Waals surface area contributed by atoms with Gasteiger partial charge in [0.1, 0.15) is 5.52 Å². The third-order valence-corrected chi connectivity index (χ3v) is 4.42. The van der Waals surface area contributed by atoms with Gasteiger partial charge in [-0.25, -0.2) is 19.7 Å². The number of pyridine rings is 1. The van der Waals surface area contributed by atoms with E-state index < -0.39 is 0 Å². The number of nitrogens with zero attached hydrogens (tertiary/aromatic N) is 3. The zero-order chi connectivity index (χ0) is 20.9. The number of amides is 2. The van der Waals surface area contributed by atoms with Crippen LogP contribution in [-0.2, 0) is 6.54 Å². The molecule has 2 amide bonds. The van der Waals surface area contributed by atoms with Crippen LogP contribution in [0.2, 0.25) is 0 Å². The molecule has 0 saturated carbocycles. The van der Waals surface area contributed by atoms with E-state index in [-0.39, 0.29) is 11.8 Å². The number of benzene rings is 2. The Morgan fingerprint density at radius 3 is 2.70 bits per heavy atom. The summed E-state index contributed by atoms with van der Waals surface area (Å²) in [5.41, 5.74) is 3.38. The summed E-state index contributed by atoms with van der Waals surface area (Å²) in [6.07, 6.45) is 1.48. The lowest BCUT2D eigenvalue weighted by atomic mass is 10.1. The van der Waals surface area contributed by atoms with Crippen molar-refractivity contribution in [2.45, 2.75) is 6.54 Å². The lowest BCUT2D eigenvalue weighted by molar-refractivity contribution is 0.251. The zero-order valence-electron chi connectivity index (χ0n) is 16.2. The van der Waals surface area contributed by atoms with Gasteiger partial charge in [0.2, 0.25) is 0 Å². The topological polar surface area (TPSA) is 109 Å². The highest BCUT2D eigenvalue weighted by Gasteiger charge is 2.09. The van der Waals surface area contributed by atoms with Crippen LogP contribution in [0.5, 0.6) is 11.5 Å². The SMILES string of the molecule is COc1cc(-c2ccc3ncc(NC(=O)NCc4ccccc4)nc3n2)ccc1O. The molecule has 0 radical (unpaired) electrons. The van der Waals surface area contributed by atoms with Crippen molar-refractivity contribution in [2.75, 3.05) is 12.4 Å². The summed E-state index contributed by atoms with van der Waals surface area (Å²) in [7, 11) is 1.49. The van der Waals surface area contributed by atoms with Gasteiger partial charge in [-0.1, -0.05) is 30.3 Å². The molecular formula is C22H19N5O3. The lowest BCUT2D eigenvalue weighted by Crippen LogP contribution is -2.28. The van der Waals surface area contributed by atoms with Gasteiger partial charge in [0.15, 0.2) is 23.0 Å². The molecule has 0 saturated heterocycles. The molecule has 8 heteroatoms. The van der Waals surface area contributed by atoms with E-state index in [2.05, 4.69) is 25.6 Å². The summed E-state index contributed by atoms with van der Waals surface area (Å²) in [5.74, 6) is 0.696. The number of carbonyl (C=O) groups is 1. The number of hydrogen-bond donors (Lipinski definition) is 3. The van der Waals surface area contributed by atoms with Gasteiger partial charge >= 0.3 is 6.03 Å². The van der Waals surface area contributed by atoms with Crippen LogP contribution in [-0.4, -0.2) is 33.2 Å². The van der Waals surface area contributed by atoms with E-state index in [1.165, 1.54) is 13.3 Å². The fourth-order valence-electron chi connectivity index (χ4n) is 2.89. The maximum atomic E-state index is 12.2. The normalized spacial score (nSPS) is 10.6. The Labute approximate surface area is 172 Å². The molecule has 3 N–H and O–H groups in total. The Kier molecular flexibility index (Phi) is 5.38. The first-order valence-electron chi connectivity index (χ1n) is 9.22. The van der Waals surface area contributed by atoms with Gasteiger partial charge in [-0.3, -0.25) is 5.32 Å². The number of hydrogen-bond acceptors (Lipinski definition) is 6. The summed E-state index contributed by atoms with van der Waals surface area (Å²) in [4.78, 5) is 25.4. The molecular weight excluding hydrogens is 382 g/mol. The summed E-state index contributed by atoms with van der Waals surface area (Å²) in [6, 6.07) is 17.8. The fraction of sp³-hybridized carbons (Fsp3) is 0.0909. The first kappa shape index (κ1) is 19.1. The molecule has 0 aliphatic carbocycles. The summed E-state index contributed by atoms with van der Waals surface area (Å²) >= 11 is 0. The van der Waals surface area contributed by atoms with Crippen molar-refractivity contribution in [3.05, 3.63) is 72.4 Å². The van der Waals surface area contributed by atoms with Crippen LogP contribution in [0.15, 0.2) is 66.9 Å². The van der Waals surface area contributed by atoms with Gasteiger partial charge in [0.05, 0.1) is 19.0 Å². The van der Waals surface area contributed by atoms with Crippen molar-refractivity contribution >= 4 is 23.0 Å². The van der Waals surface area contributed by atoms with Crippen LogP contribution < -0.4 is 15.4 Å². The number of ether oxygens (including phenoxy) is 1. The summed E-state index contributed by atoms with van der Waals surface area (Å²) < 4.78 is 5.15. The Hall–Kier alpha value is -4.20. The van der Waals surface area contributed by atoms with Crippen molar-refractivity contribution in [3.8, 4) is 22.8 Å². The second-order valence-corrected chi connectivity index (χ2v) is 6.47. The number of nitrogens with one attached hydrogen (secondary N) is 2. The van der Waals surface area contributed by atoms with E-state index in [9.17, 15) is 9.90 Å². The highest BCUT2D eigenvalue weighted by Crippen LogP contribution is 2.31. The zero-order valence-corrected chi connectivity index (χ0v) is 16.2. The lowest BCUT2D eigenvalue weighted by Gasteiger charge is -2.09. The molecule has 0 bridgehead atoms. The van der Waals surface area contributed by atoms with Gasteiger partial charge in [-0.2, -0.15) is 0 Å². The average molecular weight is 401 g/mol. The third-order valence-electron chi connectivity index (χ3n) is 4.42. The number of methoxy groups -OCH3 is 1. The smallest absolute Gasteiger partial charge is 0.320 e. The summed E-state index contributed by atoms with van der Waals surface area (Å²) in [6.45, 7) is 0.402. The second kappa shape index (κ2) is 8.44. The molecule has 4 aromatic rings. The Morgan fingerprint density at radius 1 is 1.07 bits per heavy atom. The van der Waals surface area contributed by atoms with E-state index in [1.54, 1.807) is 24.3 Å². The fourth-order valence-corrected chi connectivity index (χ4v) is 2.89. The minimum absolute atomic E-state index is 0.0508. The van der Waals surface area contributed by atoms with Crippen molar-refractivity contribution < 1.29 is 14.6 Å². The predicted octanol–water partition coefficient (Wildman–Crippen LogP) is 3.73. The third kappa shape index (κ3) is 4.27. The molecule has 2 heterocycles. The van der Waals surface area contributed by atoms with Crippen molar-refractivity contribution in [2.24, 2.45) is 0 Å². The minimum atomic E-state index is -0.382. The van der Waals surface area contributed by atoms with Gasteiger partial charge in [0, 0.05) is 12.1 Å². The van der Waals surface area contributed by atoms with E-state index in [4.69, 9.17) is 4.74 Å². The predicted molar refractivity (Wildman–Crippen MR) is 113 cm³/mol. The summed E-state index contributed by atoms with van der Waals surface area (Å²) in [5, 5.41) is 15.2. The van der Waals surface area contributed by atoms with E-state index in [0.29, 0.717) is 35.0 Å². The molecule has 150 valence electrons. The Morgan fingerprint density at radius 2 is 1.90 bits per heavy atom. The molecule has 0 aliphatic rings. The molecule has 0 unspecified atom stereocenters. The maximum absolute atomic E-state index is 12.2. The largest absolute Gasteiger partial charge is 0.504 e. The molecule has 2 aromatic carbocycles. The highest BCUT2D eigenvalue weighted by atomic mass is 16.5. The molecule has 4 rings (SSSR count). The number of phenolic OH excluding ortho intramolecular Hbond substituents is 1. The molecule has 0 atom stereocenters. The molecule has 2 aromatic heterocycles. The van der Waals surface area contributed by atoms with Gasteiger partial charge < -0.3 is 15.2 Å². The van der Waals surface area contributed by atoms with Crippen LogP contribution in [0.1, 0.15) is 5.56 Å². The van der Waals surface area contributed by atoms with Crippen molar-refractivity contribution in [1.82, 2.24) is 20.3 Å². The van der Waals surface area contributed by atoms with Gasteiger partial charge in [-0.05, 0) is 35.9 Å². The molecule has 30 heavy (non-hydrogen) atoms. The first-order chi connectivity index (χ1) is 14.6. The molecule has 0 spiro atoms. The maximum Gasteiger partial charge on any atom is 0.320 e. The number of anilines is 1. The monoisotopic (exact) mass is 401 g/mol. The first-order valence-corrected chi connectivity index (χ1v) is 9.22. The highest BCUT2D eigenvalue weighted by molar-refractivity contribution is 5.89. The Balaban J connectivity index is 1.52. The minimum Gasteiger partial charge on any atom is -0.504 e. The van der Waals surface area contributed by atoms with Crippen molar-refractivity contribution in [3.63, 3.8) is 0 Å². The molecule has 0 fully saturated rings.